The number of phenolic OH excluding ortho intramolecular Hbond substituents is 1. The lowest BCUT2D eigenvalue weighted by atomic mass is 9.65. The van der Waals surface area contributed by atoms with Gasteiger partial charge in [-0.15, -0.1) is 5.11 Å². The Morgan fingerprint density at radius 3 is 1.93 bits per heavy atom. The molecule has 5 rings (SSSR count). The molecule has 2 fully saturated rings. The highest BCUT2D eigenvalue weighted by atomic mass is 16.3. The fourth-order valence-electron chi connectivity index (χ4n) is 6.62. The van der Waals surface area contributed by atoms with Crippen LogP contribution in [0, 0.1) is 13.8 Å². The minimum atomic E-state index is -0.0448. The molecule has 2 N–H and O–H groups in total. The van der Waals surface area contributed by atoms with Crippen LogP contribution in [0.3, 0.4) is 0 Å². The third-order valence-corrected chi connectivity index (χ3v) is 8.93. The van der Waals surface area contributed by atoms with E-state index in [0.29, 0.717) is 18.2 Å². The van der Waals surface area contributed by atoms with E-state index < -0.39 is 0 Å². The summed E-state index contributed by atoms with van der Waals surface area (Å²) in [4.78, 5) is 0. The van der Waals surface area contributed by atoms with Crippen molar-refractivity contribution in [3.05, 3.63) is 82.4 Å². The summed E-state index contributed by atoms with van der Waals surface area (Å²) >= 11 is 0. The summed E-state index contributed by atoms with van der Waals surface area (Å²) in [5.41, 5.74) is 8.26. The first kappa shape index (κ1) is 28.2. The molecule has 0 amide bonds. The normalized spacial score (nSPS) is 18.1. The van der Waals surface area contributed by atoms with Crippen molar-refractivity contribution in [2.45, 2.75) is 89.4 Å². The molecule has 0 radical (unpaired) electrons. The Balaban J connectivity index is 1.42. The molecule has 3 aromatic rings. The van der Waals surface area contributed by atoms with Crippen LogP contribution in [0.2, 0.25) is 0 Å². The fraction of sp³-hybridized carbons (Fsp3) is 0.471. The van der Waals surface area contributed by atoms with Gasteiger partial charge in [0.2, 0.25) is 0 Å². The number of phenols is 1. The lowest BCUT2D eigenvalue weighted by Crippen LogP contribution is -2.30. The van der Waals surface area contributed by atoms with Crippen LogP contribution in [-0.4, -0.2) is 23.4 Å². The molecule has 2 saturated carbocycles. The van der Waals surface area contributed by atoms with Gasteiger partial charge in [-0.05, 0) is 97.5 Å². The van der Waals surface area contributed by atoms with Crippen molar-refractivity contribution in [1.82, 2.24) is 0 Å². The van der Waals surface area contributed by atoms with Gasteiger partial charge >= 0.3 is 0 Å². The van der Waals surface area contributed by atoms with Crippen LogP contribution in [0.4, 0.5) is 17.1 Å². The molecule has 0 unspecified atom stereocenters. The summed E-state index contributed by atoms with van der Waals surface area (Å²) in [6.45, 7) is 4.51. The average molecular weight is 539 g/mol. The Hall–Kier alpha value is -3.38. The SMILES string of the molecule is Cc1cc(C2(c3ccc(N=Nc4cc(C5CCCCC5)ccc4O)c(C)c3)CCCCC2)ccc1N=NCCO. The first-order valence-corrected chi connectivity index (χ1v) is 15.0. The zero-order valence-corrected chi connectivity index (χ0v) is 23.9. The molecule has 0 spiro atoms. The van der Waals surface area contributed by atoms with Crippen LogP contribution in [0.25, 0.3) is 0 Å². The number of hydrogen-bond acceptors (Lipinski definition) is 6. The zero-order chi connectivity index (χ0) is 28.0. The molecule has 2 aliphatic carbocycles. The number of rotatable bonds is 8. The summed E-state index contributed by atoms with van der Waals surface area (Å²) in [5, 5.41) is 37.0. The maximum Gasteiger partial charge on any atom is 0.143 e. The Labute approximate surface area is 238 Å². The van der Waals surface area contributed by atoms with Gasteiger partial charge < -0.3 is 10.2 Å². The highest BCUT2D eigenvalue weighted by Gasteiger charge is 2.36. The Morgan fingerprint density at radius 1 is 0.700 bits per heavy atom. The topological polar surface area (TPSA) is 89.9 Å². The van der Waals surface area contributed by atoms with Gasteiger partial charge in [-0.1, -0.05) is 68.9 Å². The average Bonchev–Trinajstić information content (AvgIpc) is 2.99. The molecule has 0 aromatic heterocycles. The van der Waals surface area contributed by atoms with Gasteiger partial charge in [0, 0.05) is 5.41 Å². The van der Waals surface area contributed by atoms with E-state index in [0.717, 1.165) is 35.3 Å². The van der Waals surface area contributed by atoms with E-state index in [4.69, 9.17) is 5.11 Å². The second-order valence-electron chi connectivity index (χ2n) is 11.6. The maximum absolute atomic E-state index is 10.5. The van der Waals surface area contributed by atoms with E-state index in [1.54, 1.807) is 6.07 Å². The van der Waals surface area contributed by atoms with E-state index in [1.807, 2.05) is 12.1 Å². The number of benzene rings is 3. The van der Waals surface area contributed by atoms with E-state index in [1.165, 1.54) is 68.1 Å². The first-order chi connectivity index (χ1) is 19.5. The first-order valence-electron chi connectivity index (χ1n) is 15.0. The molecule has 210 valence electrons. The van der Waals surface area contributed by atoms with Gasteiger partial charge in [-0.3, -0.25) is 0 Å². The lowest BCUT2D eigenvalue weighted by Gasteiger charge is -2.39. The molecule has 40 heavy (non-hydrogen) atoms. The van der Waals surface area contributed by atoms with Gasteiger partial charge in [0.25, 0.3) is 0 Å². The zero-order valence-electron chi connectivity index (χ0n) is 23.9. The molecule has 2 aliphatic rings. The molecule has 3 aromatic carbocycles. The number of aliphatic hydroxyl groups is 1. The predicted molar refractivity (Wildman–Crippen MR) is 161 cm³/mol. The molecule has 0 saturated heterocycles. The number of aliphatic hydroxyl groups excluding tert-OH is 1. The minimum absolute atomic E-state index is 0.00662. The Morgan fingerprint density at radius 2 is 1.30 bits per heavy atom. The quantitative estimate of drug-likeness (QED) is 0.279. The van der Waals surface area contributed by atoms with Crippen molar-refractivity contribution in [3.8, 4) is 5.75 Å². The second kappa shape index (κ2) is 12.9. The summed E-state index contributed by atoms with van der Waals surface area (Å²) in [6.07, 6.45) is 12.2. The monoisotopic (exact) mass is 538 g/mol. The standard InChI is InChI=1S/C34H42N4O2/c1-24-21-28(12-14-30(24)36-35-19-20-39)34(17-7-4-8-18-34)29-13-15-31(25(2)22-29)37-38-32-23-27(11-16-33(32)40)26-9-5-3-6-10-26/h11-16,21-23,26,39-40H,3-10,17-20H2,1-2H3. The maximum atomic E-state index is 10.5. The van der Waals surface area contributed by atoms with Gasteiger partial charge in [0.1, 0.15) is 11.4 Å². The molecular formula is C34H42N4O2. The Bertz CT molecular complexity index is 1370. The van der Waals surface area contributed by atoms with Crippen LogP contribution < -0.4 is 0 Å². The van der Waals surface area contributed by atoms with Crippen molar-refractivity contribution < 1.29 is 10.2 Å². The molecule has 6 nitrogen and oxygen atoms in total. The third-order valence-electron chi connectivity index (χ3n) is 8.93. The number of azo groups is 2. The number of aryl methyl sites for hydroxylation is 2. The third kappa shape index (κ3) is 6.17. The number of aromatic hydroxyl groups is 1. The molecule has 6 heteroatoms. The second-order valence-corrected chi connectivity index (χ2v) is 11.6. The van der Waals surface area contributed by atoms with E-state index in [9.17, 15) is 5.11 Å². The lowest BCUT2D eigenvalue weighted by molar-refractivity contribution is 0.305. The van der Waals surface area contributed by atoms with E-state index in [-0.39, 0.29) is 17.8 Å². The summed E-state index contributed by atoms with van der Waals surface area (Å²) in [5.74, 6) is 0.728. The minimum Gasteiger partial charge on any atom is -0.506 e. The molecular weight excluding hydrogens is 496 g/mol. The van der Waals surface area contributed by atoms with Crippen LogP contribution in [-0.2, 0) is 5.41 Å². The molecule has 0 heterocycles. The predicted octanol–water partition coefficient (Wildman–Crippen LogP) is 9.80. The molecule has 0 aliphatic heterocycles. The largest absolute Gasteiger partial charge is 0.506 e. The van der Waals surface area contributed by atoms with Crippen molar-refractivity contribution in [2.24, 2.45) is 20.5 Å². The van der Waals surface area contributed by atoms with E-state index >= 15 is 0 Å². The van der Waals surface area contributed by atoms with Crippen LogP contribution in [0.5, 0.6) is 5.75 Å². The van der Waals surface area contributed by atoms with Crippen LogP contribution in [0.15, 0.2) is 75.1 Å². The molecule has 0 bridgehead atoms. The van der Waals surface area contributed by atoms with Gasteiger partial charge in [-0.2, -0.15) is 15.3 Å². The van der Waals surface area contributed by atoms with Gasteiger partial charge in [-0.25, -0.2) is 0 Å². The number of nitrogens with zero attached hydrogens (tertiary/aromatic N) is 4. The fourth-order valence-corrected chi connectivity index (χ4v) is 6.62. The van der Waals surface area contributed by atoms with Crippen molar-refractivity contribution in [1.29, 1.82) is 0 Å². The van der Waals surface area contributed by atoms with E-state index in [2.05, 4.69) is 70.7 Å². The van der Waals surface area contributed by atoms with Gasteiger partial charge in [0.05, 0.1) is 24.5 Å². The van der Waals surface area contributed by atoms with Crippen molar-refractivity contribution in [3.63, 3.8) is 0 Å². The molecule has 0 atom stereocenters. The Kier molecular flexibility index (Phi) is 9.05. The van der Waals surface area contributed by atoms with Crippen LogP contribution >= 0.6 is 0 Å². The summed E-state index contributed by atoms with van der Waals surface area (Å²) in [7, 11) is 0. The number of hydrogen-bond donors (Lipinski definition) is 2. The van der Waals surface area contributed by atoms with Crippen LogP contribution in [0.1, 0.15) is 97.9 Å². The highest BCUT2D eigenvalue weighted by molar-refractivity contribution is 5.56. The smallest absolute Gasteiger partial charge is 0.143 e. The van der Waals surface area contributed by atoms with Gasteiger partial charge in [0.15, 0.2) is 0 Å². The van der Waals surface area contributed by atoms with Crippen molar-refractivity contribution in [2.75, 3.05) is 13.2 Å². The summed E-state index contributed by atoms with van der Waals surface area (Å²) < 4.78 is 0. The highest BCUT2D eigenvalue weighted by Crippen LogP contribution is 2.47. The van der Waals surface area contributed by atoms with Crippen molar-refractivity contribution >= 4 is 17.1 Å². The summed E-state index contributed by atoms with van der Waals surface area (Å²) in [6, 6.07) is 18.9.